The third-order valence-corrected chi connectivity index (χ3v) is 4.94. The molecule has 0 spiro atoms. The summed E-state index contributed by atoms with van der Waals surface area (Å²) in [4.78, 5) is 0. The Kier molecular flexibility index (Phi) is 5.75. The molecule has 2 aromatic carbocycles. The van der Waals surface area contributed by atoms with Gasteiger partial charge in [-0.3, -0.25) is 0 Å². The molecule has 0 unspecified atom stereocenters. The molecule has 0 heterocycles. The van der Waals surface area contributed by atoms with Crippen LogP contribution in [-0.2, 0) is 0 Å². The van der Waals surface area contributed by atoms with Crippen LogP contribution in [0.1, 0.15) is 54.7 Å². The first-order valence-electron chi connectivity index (χ1n) is 8.91. The van der Waals surface area contributed by atoms with Crippen molar-refractivity contribution in [3.8, 4) is 11.5 Å². The maximum Gasteiger partial charge on any atom is 0.130 e. The Hall–Kier alpha value is -2.29. The molecule has 0 amide bonds. The van der Waals surface area contributed by atoms with Crippen LogP contribution in [0.3, 0.4) is 0 Å². The summed E-state index contributed by atoms with van der Waals surface area (Å²) < 4.78 is 25.1. The summed E-state index contributed by atoms with van der Waals surface area (Å²) in [6.07, 6.45) is 9.86. The van der Waals surface area contributed by atoms with Crippen LogP contribution in [0.15, 0.2) is 36.4 Å². The average molecular weight is 340 g/mol. The van der Waals surface area contributed by atoms with Gasteiger partial charge in [-0.2, -0.15) is 0 Å². The number of halogens is 1. The lowest BCUT2D eigenvalue weighted by Gasteiger charge is -2.26. The van der Waals surface area contributed by atoms with Crippen molar-refractivity contribution in [1.29, 1.82) is 0 Å². The first-order valence-corrected chi connectivity index (χ1v) is 8.91. The molecule has 1 saturated carbocycles. The highest BCUT2D eigenvalue weighted by atomic mass is 19.1. The largest absolute Gasteiger partial charge is 0.496 e. The summed E-state index contributed by atoms with van der Waals surface area (Å²) >= 11 is 0. The fourth-order valence-corrected chi connectivity index (χ4v) is 3.65. The number of ether oxygens (including phenoxy) is 2. The van der Waals surface area contributed by atoms with Gasteiger partial charge in [-0.05, 0) is 42.5 Å². The van der Waals surface area contributed by atoms with Gasteiger partial charge in [-0.25, -0.2) is 4.39 Å². The highest BCUT2D eigenvalue weighted by Gasteiger charge is 2.23. The van der Waals surface area contributed by atoms with E-state index < -0.39 is 0 Å². The van der Waals surface area contributed by atoms with Gasteiger partial charge < -0.3 is 9.47 Å². The Bertz CT molecular complexity index is 720. The van der Waals surface area contributed by atoms with Crippen LogP contribution in [0.4, 0.5) is 4.39 Å². The third kappa shape index (κ3) is 4.04. The smallest absolute Gasteiger partial charge is 0.130 e. The van der Waals surface area contributed by atoms with Crippen molar-refractivity contribution in [3.05, 3.63) is 58.9 Å². The predicted octanol–water partition coefficient (Wildman–Crippen LogP) is 6.06. The van der Waals surface area contributed by atoms with E-state index in [1.165, 1.54) is 43.7 Å². The van der Waals surface area contributed by atoms with Crippen molar-refractivity contribution in [2.45, 2.75) is 38.0 Å². The number of hydrogen-bond acceptors (Lipinski definition) is 2. The molecule has 0 saturated heterocycles. The molecule has 0 bridgehead atoms. The molecule has 0 aliphatic heterocycles. The van der Waals surface area contributed by atoms with Crippen molar-refractivity contribution in [2.24, 2.45) is 0 Å². The molecule has 1 aliphatic carbocycles. The second kappa shape index (κ2) is 8.19. The van der Waals surface area contributed by atoms with Gasteiger partial charge in [0.15, 0.2) is 0 Å². The zero-order valence-corrected chi connectivity index (χ0v) is 14.9. The predicted molar refractivity (Wildman–Crippen MR) is 101 cm³/mol. The number of methoxy groups -OCH3 is 2. The Morgan fingerprint density at radius 3 is 2.16 bits per heavy atom. The molecule has 0 atom stereocenters. The van der Waals surface area contributed by atoms with Gasteiger partial charge in [-0.15, -0.1) is 0 Å². The highest BCUT2D eigenvalue weighted by Crippen LogP contribution is 2.43. The van der Waals surface area contributed by atoms with Crippen molar-refractivity contribution in [3.63, 3.8) is 0 Å². The van der Waals surface area contributed by atoms with Gasteiger partial charge >= 0.3 is 0 Å². The van der Waals surface area contributed by atoms with Crippen LogP contribution in [0.5, 0.6) is 11.5 Å². The molecule has 3 rings (SSSR count). The van der Waals surface area contributed by atoms with Gasteiger partial charge in [0.1, 0.15) is 17.3 Å². The fraction of sp³-hybridized carbons (Fsp3) is 0.364. The minimum absolute atomic E-state index is 0.225. The van der Waals surface area contributed by atoms with Crippen molar-refractivity contribution in [1.82, 2.24) is 0 Å². The molecule has 0 aromatic heterocycles. The Balaban J connectivity index is 1.95. The summed E-state index contributed by atoms with van der Waals surface area (Å²) in [5.74, 6) is 1.98. The minimum atomic E-state index is -0.225. The summed E-state index contributed by atoms with van der Waals surface area (Å²) in [5.41, 5.74) is 2.68. The van der Waals surface area contributed by atoms with Crippen LogP contribution in [0.2, 0.25) is 0 Å². The molecule has 0 N–H and O–H groups in total. The van der Waals surface area contributed by atoms with Gasteiger partial charge in [0.05, 0.1) is 14.2 Å². The monoisotopic (exact) mass is 340 g/mol. The molecule has 2 aromatic rings. The normalized spacial score (nSPS) is 15.5. The van der Waals surface area contributed by atoms with E-state index >= 15 is 0 Å². The SMILES string of the molecule is COc1cc(C=Cc2ccccc2F)cc(OC)c1C1CCCCC1. The van der Waals surface area contributed by atoms with Crippen LogP contribution in [0.25, 0.3) is 12.2 Å². The zero-order chi connectivity index (χ0) is 17.6. The standard InChI is InChI=1S/C22H25FO2/c1-24-20-14-16(12-13-17-8-6-7-11-19(17)23)15-21(25-2)22(20)18-9-4-3-5-10-18/h6-8,11-15,18H,3-5,9-10H2,1-2H3. The van der Waals surface area contributed by atoms with Gasteiger partial charge in [-0.1, -0.05) is 49.6 Å². The molecule has 2 nitrogen and oxygen atoms in total. The van der Waals surface area contributed by atoms with Crippen molar-refractivity contribution < 1.29 is 13.9 Å². The second-order valence-electron chi connectivity index (χ2n) is 6.53. The molecular weight excluding hydrogens is 315 g/mol. The maximum absolute atomic E-state index is 13.8. The van der Waals surface area contributed by atoms with Gasteiger partial charge in [0.2, 0.25) is 0 Å². The fourth-order valence-electron chi connectivity index (χ4n) is 3.65. The van der Waals surface area contributed by atoms with E-state index in [4.69, 9.17) is 9.47 Å². The van der Waals surface area contributed by atoms with E-state index in [1.54, 1.807) is 32.4 Å². The third-order valence-electron chi connectivity index (χ3n) is 4.94. The van der Waals surface area contributed by atoms with Crippen molar-refractivity contribution in [2.75, 3.05) is 14.2 Å². The molecule has 1 aliphatic rings. The highest BCUT2D eigenvalue weighted by molar-refractivity contribution is 5.72. The Morgan fingerprint density at radius 2 is 1.56 bits per heavy atom. The van der Waals surface area contributed by atoms with E-state index in [9.17, 15) is 4.39 Å². The van der Waals surface area contributed by atoms with Gasteiger partial charge in [0, 0.05) is 11.1 Å². The van der Waals surface area contributed by atoms with Crippen LogP contribution in [0, 0.1) is 5.82 Å². The first kappa shape index (κ1) is 17.5. The lowest BCUT2D eigenvalue weighted by Crippen LogP contribution is -2.08. The Labute approximate surface area is 149 Å². The summed E-state index contributed by atoms with van der Waals surface area (Å²) in [6.45, 7) is 0. The number of hydrogen-bond donors (Lipinski definition) is 0. The van der Waals surface area contributed by atoms with Crippen LogP contribution < -0.4 is 9.47 Å². The van der Waals surface area contributed by atoms with E-state index in [2.05, 4.69) is 0 Å². The van der Waals surface area contributed by atoms with E-state index in [-0.39, 0.29) is 5.82 Å². The maximum atomic E-state index is 13.8. The average Bonchev–Trinajstić information content (AvgIpc) is 2.67. The molecule has 25 heavy (non-hydrogen) atoms. The quantitative estimate of drug-likeness (QED) is 0.616. The Morgan fingerprint density at radius 1 is 0.920 bits per heavy atom. The van der Waals surface area contributed by atoms with Gasteiger partial charge in [0.25, 0.3) is 0 Å². The van der Waals surface area contributed by atoms with E-state index in [0.717, 1.165) is 17.1 Å². The lowest BCUT2D eigenvalue weighted by molar-refractivity contribution is 0.359. The van der Waals surface area contributed by atoms with Crippen LogP contribution in [-0.4, -0.2) is 14.2 Å². The molecule has 3 heteroatoms. The van der Waals surface area contributed by atoms with E-state index in [0.29, 0.717) is 11.5 Å². The lowest BCUT2D eigenvalue weighted by atomic mass is 9.82. The summed E-state index contributed by atoms with van der Waals surface area (Å²) in [6, 6.07) is 10.8. The zero-order valence-electron chi connectivity index (χ0n) is 14.9. The number of benzene rings is 2. The molecular formula is C22H25FO2. The molecule has 132 valence electrons. The van der Waals surface area contributed by atoms with Crippen LogP contribution >= 0.6 is 0 Å². The minimum Gasteiger partial charge on any atom is -0.496 e. The summed E-state index contributed by atoms with van der Waals surface area (Å²) in [7, 11) is 3.40. The topological polar surface area (TPSA) is 18.5 Å². The first-order chi connectivity index (χ1) is 12.2. The second-order valence-corrected chi connectivity index (χ2v) is 6.53. The molecule has 1 fully saturated rings. The van der Waals surface area contributed by atoms with E-state index in [1.807, 2.05) is 24.3 Å². The van der Waals surface area contributed by atoms with Crippen molar-refractivity contribution >= 4 is 12.2 Å². The summed E-state index contributed by atoms with van der Waals surface area (Å²) in [5, 5.41) is 0. The number of rotatable bonds is 5. The molecule has 0 radical (unpaired) electrons.